The molecule has 2 unspecified atom stereocenters. The van der Waals surface area contributed by atoms with Crippen molar-refractivity contribution in [3.8, 4) is 5.75 Å². The molecule has 2 atom stereocenters. The van der Waals surface area contributed by atoms with Crippen LogP contribution < -0.4 is 20.3 Å². The molecule has 0 aliphatic carbocycles. The molecular formula is C20H30ClN3O2. The van der Waals surface area contributed by atoms with Crippen molar-refractivity contribution in [3.05, 3.63) is 23.2 Å². The molecule has 0 aromatic heterocycles. The summed E-state index contributed by atoms with van der Waals surface area (Å²) in [5.41, 5.74) is 1.000. The number of carbonyl (C=O) groups is 1. The molecule has 2 aliphatic heterocycles. The fraction of sp³-hybridized carbons (Fsp3) is 0.650. The third-order valence-electron chi connectivity index (χ3n) is 5.73. The molecule has 0 radical (unpaired) electrons. The lowest BCUT2D eigenvalue weighted by molar-refractivity contribution is -0.122. The van der Waals surface area contributed by atoms with Crippen LogP contribution in [0.1, 0.15) is 32.6 Å². The van der Waals surface area contributed by atoms with Crippen LogP contribution in [-0.4, -0.2) is 45.2 Å². The molecule has 5 nitrogen and oxygen atoms in total. The first-order valence-corrected chi connectivity index (χ1v) is 10.0. The number of anilines is 1. The maximum atomic E-state index is 12.5. The van der Waals surface area contributed by atoms with Crippen molar-refractivity contribution in [2.45, 2.75) is 38.6 Å². The van der Waals surface area contributed by atoms with E-state index in [0.29, 0.717) is 23.3 Å². The van der Waals surface area contributed by atoms with Crippen molar-refractivity contribution in [2.24, 2.45) is 11.8 Å². The van der Waals surface area contributed by atoms with Crippen LogP contribution >= 0.6 is 11.6 Å². The van der Waals surface area contributed by atoms with E-state index in [0.717, 1.165) is 44.0 Å². The molecule has 2 N–H and O–H groups in total. The summed E-state index contributed by atoms with van der Waals surface area (Å²) >= 11 is 6.15. The second kappa shape index (κ2) is 8.96. The predicted octanol–water partition coefficient (Wildman–Crippen LogP) is 3.07. The minimum atomic E-state index is 0.181. The quantitative estimate of drug-likeness (QED) is 0.797. The highest BCUT2D eigenvalue weighted by atomic mass is 35.5. The minimum absolute atomic E-state index is 0.181. The zero-order valence-electron chi connectivity index (χ0n) is 15.8. The average Bonchev–Trinajstić information content (AvgIpc) is 3.10. The Morgan fingerprint density at radius 2 is 2.15 bits per heavy atom. The molecule has 6 heteroatoms. The van der Waals surface area contributed by atoms with Gasteiger partial charge in [0, 0.05) is 30.6 Å². The minimum Gasteiger partial charge on any atom is -0.495 e. The maximum absolute atomic E-state index is 12.5. The number of halogens is 1. The monoisotopic (exact) mass is 379 g/mol. The van der Waals surface area contributed by atoms with Crippen LogP contribution in [0.15, 0.2) is 18.2 Å². The lowest BCUT2D eigenvalue weighted by Gasteiger charge is -2.28. The summed E-state index contributed by atoms with van der Waals surface area (Å²) in [6.07, 6.45) is 3.94. The summed E-state index contributed by atoms with van der Waals surface area (Å²) in [5, 5.41) is 7.32. The standard InChI is InChI=1S/C20H30ClN3O2/c1-14(15-5-8-22-9-6-15)11-20(25)23-17-7-10-24(13-17)18-12-16(21)3-4-19(18)26-2/h3-4,12,14-15,17,22H,5-11,13H2,1-2H3,(H,23,25). The van der Waals surface area contributed by atoms with Crippen LogP contribution in [0, 0.1) is 11.8 Å². The molecule has 0 saturated carbocycles. The van der Waals surface area contributed by atoms with Gasteiger partial charge in [-0.05, 0) is 62.4 Å². The van der Waals surface area contributed by atoms with Gasteiger partial charge in [0.25, 0.3) is 0 Å². The molecule has 0 spiro atoms. The number of benzene rings is 1. The maximum Gasteiger partial charge on any atom is 0.220 e. The van der Waals surface area contributed by atoms with E-state index >= 15 is 0 Å². The fourth-order valence-electron chi connectivity index (χ4n) is 4.17. The molecule has 144 valence electrons. The van der Waals surface area contributed by atoms with Crippen LogP contribution in [0.2, 0.25) is 5.02 Å². The highest BCUT2D eigenvalue weighted by Crippen LogP contribution is 2.33. The smallest absolute Gasteiger partial charge is 0.220 e. The number of piperidine rings is 1. The van der Waals surface area contributed by atoms with Crippen molar-refractivity contribution in [1.29, 1.82) is 0 Å². The second-order valence-corrected chi connectivity index (χ2v) is 8.02. The van der Waals surface area contributed by atoms with E-state index < -0.39 is 0 Å². The first kappa shape index (κ1) is 19.3. The molecule has 0 bridgehead atoms. The Morgan fingerprint density at radius 3 is 2.88 bits per heavy atom. The van der Waals surface area contributed by atoms with E-state index in [9.17, 15) is 4.79 Å². The van der Waals surface area contributed by atoms with Crippen LogP contribution in [0.25, 0.3) is 0 Å². The summed E-state index contributed by atoms with van der Waals surface area (Å²) in [7, 11) is 1.67. The van der Waals surface area contributed by atoms with Gasteiger partial charge in [0.15, 0.2) is 0 Å². The molecule has 2 heterocycles. The van der Waals surface area contributed by atoms with E-state index in [1.807, 2.05) is 18.2 Å². The van der Waals surface area contributed by atoms with Gasteiger partial charge in [0.1, 0.15) is 5.75 Å². The van der Waals surface area contributed by atoms with Gasteiger partial charge >= 0.3 is 0 Å². The van der Waals surface area contributed by atoms with Gasteiger partial charge in [-0.15, -0.1) is 0 Å². The highest BCUT2D eigenvalue weighted by Gasteiger charge is 2.28. The van der Waals surface area contributed by atoms with Crippen molar-refractivity contribution in [1.82, 2.24) is 10.6 Å². The Bertz CT molecular complexity index is 619. The average molecular weight is 380 g/mol. The molecule has 1 aromatic carbocycles. The number of hydrogen-bond acceptors (Lipinski definition) is 4. The van der Waals surface area contributed by atoms with Crippen molar-refractivity contribution >= 4 is 23.2 Å². The van der Waals surface area contributed by atoms with E-state index in [2.05, 4.69) is 22.5 Å². The van der Waals surface area contributed by atoms with E-state index in [1.54, 1.807) is 7.11 Å². The topological polar surface area (TPSA) is 53.6 Å². The number of amides is 1. The number of nitrogens with zero attached hydrogens (tertiary/aromatic N) is 1. The number of nitrogens with one attached hydrogen (secondary N) is 2. The summed E-state index contributed by atoms with van der Waals surface area (Å²) in [6.45, 7) is 6.06. The molecule has 2 fully saturated rings. The number of methoxy groups -OCH3 is 1. The molecule has 1 aromatic rings. The third-order valence-corrected chi connectivity index (χ3v) is 5.97. The Labute approximate surface area is 161 Å². The zero-order valence-corrected chi connectivity index (χ0v) is 16.5. The van der Waals surface area contributed by atoms with Crippen LogP contribution in [0.3, 0.4) is 0 Å². The van der Waals surface area contributed by atoms with Crippen LogP contribution in [-0.2, 0) is 4.79 Å². The number of hydrogen-bond donors (Lipinski definition) is 2. The molecular weight excluding hydrogens is 350 g/mol. The normalized spacial score (nSPS) is 22.3. The summed E-state index contributed by atoms with van der Waals surface area (Å²) in [5.74, 6) is 2.11. The second-order valence-electron chi connectivity index (χ2n) is 7.58. The number of rotatable bonds is 6. The Kier molecular flexibility index (Phi) is 6.65. The third kappa shape index (κ3) is 4.83. The summed E-state index contributed by atoms with van der Waals surface area (Å²) < 4.78 is 5.46. The van der Waals surface area contributed by atoms with Gasteiger partial charge in [0.05, 0.1) is 12.8 Å². The van der Waals surface area contributed by atoms with Gasteiger partial charge in [-0.25, -0.2) is 0 Å². The largest absolute Gasteiger partial charge is 0.495 e. The van der Waals surface area contributed by atoms with E-state index in [1.165, 1.54) is 12.8 Å². The van der Waals surface area contributed by atoms with Gasteiger partial charge in [-0.2, -0.15) is 0 Å². The summed E-state index contributed by atoms with van der Waals surface area (Å²) in [4.78, 5) is 14.7. The van der Waals surface area contributed by atoms with Crippen LogP contribution in [0.4, 0.5) is 5.69 Å². The Hall–Kier alpha value is -1.46. The first-order chi connectivity index (χ1) is 12.6. The van der Waals surface area contributed by atoms with Crippen molar-refractivity contribution in [2.75, 3.05) is 38.2 Å². The van der Waals surface area contributed by atoms with E-state index in [4.69, 9.17) is 16.3 Å². The van der Waals surface area contributed by atoms with Gasteiger partial charge < -0.3 is 20.3 Å². The molecule has 2 saturated heterocycles. The zero-order chi connectivity index (χ0) is 18.5. The van der Waals surface area contributed by atoms with Crippen molar-refractivity contribution in [3.63, 3.8) is 0 Å². The molecule has 26 heavy (non-hydrogen) atoms. The lowest BCUT2D eigenvalue weighted by atomic mass is 9.84. The first-order valence-electron chi connectivity index (χ1n) is 9.65. The molecule has 3 rings (SSSR count). The summed E-state index contributed by atoms with van der Waals surface area (Å²) in [6, 6.07) is 5.85. The number of ether oxygens (including phenoxy) is 1. The predicted molar refractivity (Wildman–Crippen MR) is 106 cm³/mol. The van der Waals surface area contributed by atoms with Gasteiger partial charge in [-0.1, -0.05) is 18.5 Å². The van der Waals surface area contributed by atoms with Gasteiger partial charge in [0.2, 0.25) is 5.91 Å². The van der Waals surface area contributed by atoms with E-state index in [-0.39, 0.29) is 11.9 Å². The lowest BCUT2D eigenvalue weighted by Crippen LogP contribution is -2.39. The SMILES string of the molecule is COc1ccc(Cl)cc1N1CCC(NC(=O)CC(C)C2CCNCC2)C1. The van der Waals surface area contributed by atoms with Crippen molar-refractivity contribution < 1.29 is 9.53 Å². The van der Waals surface area contributed by atoms with Gasteiger partial charge in [-0.3, -0.25) is 4.79 Å². The van der Waals surface area contributed by atoms with Crippen LogP contribution in [0.5, 0.6) is 5.75 Å². The fourth-order valence-corrected chi connectivity index (χ4v) is 4.33. The number of carbonyl (C=O) groups excluding carboxylic acids is 1. The molecule has 1 amide bonds. The Balaban J connectivity index is 1.51. The Morgan fingerprint density at radius 1 is 1.38 bits per heavy atom. The highest BCUT2D eigenvalue weighted by molar-refractivity contribution is 6.30. The molecule has 2 aliphatic rings.